The minimum absolute atomic E-state index is 0.850. The van der Waals surface area contributed by atoms with Crippen LogP contribution < -0.4 is 0 Å². The van der Waals surface area contributed by atoms with E-state index >= 15 is 0 Å². The second kappa shape index (κ2) is 27.5. The van der Waals surface area contributed by atoms with Gasteiger partial charge in [-0.3, -0.25) is 0 Å². The average molecular weight is 440 g/mol. The summed E-state index contributed by atoms with van der Waals surface area (Å²) in [4.78, 5) is 2.74. The number of ether oxygens (including phenoxy) is 1. The maximum absolute atomic E-state index is 5.80. The molecule has 0 aliphatic rings. The zero-order valence-electron chi connectivity index (χ0n) is 22.8. The van der Waals surface area contributed by atoms with Gasteiger partial charge in [-0.05, 0) is 44.7 Å². The van der Waals surface area contributed by atoms with Crippen LogP contribution in [0.15, 0.2) is 12.3 Å². The lowest BCUT2D eigenvalue weighted by Crippen LogP contribution is -2.31. The minimum Gasteiger partial charge on any atom is -0.499 e. The first-order valence-corrected chi connectivity index (χ1v) is 14.1. The van der Waals surface area contributed by atoms with Crippen molar-refractivity contribution >= 4 is 0 Å². The van der Waals surface area contributed by atoms with Crippen molar-refractivity contribution < 1.29 is 4.74 Å². The van der Waals surface area contributed by atoms with Crippen molar-refractivity contribution in [1.82, 2.24) is 4.90 Å². The normalized spacial score (nSPS) is 11.8. The quantitative estimate of drug-likeness (QED) is 0.123. The fourth-order valence-electron chi connectivity index (χ4n) is 3.93. The maximum Gasteiger partial charge on any atom is 0.0888 e. The summed E-state index contributed by atoms with van der Waals surface area (Å²) in [5.41, 5.74) is 0. The van der Waals surface area contributed by atoms with Gasteiger partial charge in [0.1, 0.15) is 0 Å². The Morgan fingerprint density at radius 2 is 1.26 bits per heavy atom. The molecule has 0 saturated carbocycles. The van der Waals surface area contributed by atoms with Gasteiger partial charge in [0.2, 0.25) is 0 Å². The van der Waals surface area contributed by atoms with Crippen molar-refractivity contribution in [2.45, 2.75) is 144 Å². The zero-order valence-corrected chi connectivity index (χ0v) is 22.8. The lowest BCUT2D eigenvalue weighted by Gasteiger charge is -2.27. The van der Waals surface area contributed by atoms with Gasteiger partial charge in [-0.25, -0.2) is 0 Å². The van der Waals surface area contributed by atoms with Crippen molar-refractivity contribution in [3.05, 3.63) is 12.3 Å². The van der Waals surface area contributed by atoms with Gasteiger partial charge in [0, 0.05) is 13.0 Å². The van der Waals surface area contributed by atoms with Crippen LogP contribution in [0.1, 0.15) is 144 Å². The van der Waals surface area contributed by atoms with E-state index in [-0.39, 0.29) is 0 Å². The Hall–Kier alpha value is -0.500. The van der Waals surface area contributed by atoms with Crippen LogP contribution in [-0.2, 0) is 4.74 Å². The first-order chi connectivity index (χ1) is 15.1. The average Bonchev–Trinajstić information content (AvgIpc) is 2.76. The molecule has 2 heteroatoms. The zero-order chi connectivity index (χ0) is 23.6. The van der Waals surface area contributed by atoms with E-state index in [0.29, 0.717) is 0 Å². The summed E-state index contributed by atoms with van der Waals surface area (Å²) in [5.74, 6) is 1.86. The van der Waals surface area contributed by atoms with Gasteiger partial charge in [0.05, 0.1) is 12.4 Å². The molecule has 2 nitrogen and oxygen atoms in total. The SMILES string of the molecule is C=C(CCCN(CCCCCCCCC)CC(CC)CCC)OCCCCC.CCC. The Kier molecular flexibility index (Phi) is 29.0. The van der Waals surface area contributed by atoms with Crippen molar-refractivity contribution in [1.29, 1.82) is 0 Å². The number of hydrogen-bond donors (Lipinski definition) is 0. The Labute approximate surface area is 198 Å². The Bertz CT molecular complexity index is 342. The molecule has 0 bridgehead atoms. The topological polar surface area (TPSA) is 12.5 Å². The fraction of sp³-hybridized carbons (Fsp3) is 0.931. The van der Waals surface area contributed by atoms with Crippen LogP contribution in [0.2, 0.25) is 0 Å². The second-order valence-electron chi connectivity index (χ2n) is 9.39. The van der Waals surface area contributed by atoms with Gasteiger partial charge in [-0.1, -0.05) is 119 Å². The molecule has 0 aromatic carbocycles. The van der Waals surface area contributed by atoms with E-state index in [2.05, 4.69) is 53.0 Å². The summed E-state index contributed by atoms with van der Waals surface area (Å²) < 4.78 is 5.80. The second-order valence-corrected chi connectivity index (χ2v) is 9.39. The summed E-state index contributed by atoms with van der Waals surface area (Å²) in [6.07, 6.45) is 20.9. The molecule has 1 atom stereocenters. The third-order valence-electron chi connectivity index (χ3n) is 5.85. The lowest BCUT2D eigenvalue weighted by molar-refractivity contribution is 0.183. The Balaban J connectivity index is 0. The van der Waals surface area contributed by atoms with Crippen LogP contribution in [0.4, 0.5) is 0 Å². The molecule has 31 heavy (non-hydrogen) atoms. The van der Waals surface area contributed by atoms with Crippen LogP contribution in [0.5, 0.6) is 0 Å². The highest BCUT2D eigenvalue weighted by molar-refractivity contribution is 4.82. The molecule has 0 saturated heterocycles. The van der Waals surface area contributed by atoms with Crippen LogP contribution in [0, 0.1) is 5.92 Å². The predicted molar refractivity (Wildman–Crippen MR) is 143 cm³/mol. The molecule has 0 rings (SSSR count). The smallest absolute Gasteiger partial charge is 0.0888 e. The molecule has 1 unspecified atom stereocenters. The van der Waals surface area contributed by atoms with Crippen LogP contribution in [0.25, 0.3) is 0 Å². The molecule has 0 radical (unpaired) electrons. The molecular formula is C29H61NO. The van der Waals surface area contributed by atoms with Gasteiger partial charge in [-0.2, -0.15) is 0 Å². The molecule has 0 fully saturated rings. The molecule has 0 amide bonds. The summed E-state index contributed by atoms with van der Waals surface area (Å²) >= 11 is 0. The van der Waals surface area contributed by atoms with E-state index in [1.54, 1.807) is 0 Å². The highest BCUT2D eigenvalue weighted by Gasteiger charge is 2.12. The van der Waals surface area contributed by atoms with Gasteiger partial charge in [0.15, 0.2) is 0 Å². The third-order valence-corrected chi connectivity index (χ3v) is 5.85. The highest BCUT2D eigenvalue weighted by Crippen LogP contribution is 2.16. The molecular weight excluding hydrogens is 378 g/mol. The standard InChI is InChI=1S/C26H53NO.C3H8/c1-6-10-12-13-14-15-16-21-27(24-26(9-4)19-8-3)22-18-20-25(5)28-23-17-11-7-2;1-3-2/h26H,5-24H2,1-4H3;3H2,1-2H3. The van der Waals surface area contributed by atoms with Gasteiger partial charge in [0.25, 0.3) is 0 Å². The monoisotopic (exact) mass is 439 g/mol. The lowest BCUT2D eigenvalue weighted by atomic mass is 9.99. The number of unbranched alkanes of at least 4 members (excludes halogenated alkanes) is 8. The molecule has 0 aromatic rings. The van der Waals surface area contributed by atoms with Gasteiger partial charge < -0.3 is 9.64 Å². The molecule has 0 aromatic heterocycles. The van der Waals surface area contributed by atoms with E-state index in [0.717, 1.165) is 31.1 Å². The first kappa shape index (κ1) is 32.7. The van der Waals surface area contributed by atoms with Gasteiger partial charge >= 0.3 is 0 Å². The predicted octanol–water partition coefficient (Wildman–Crippen LogP) is 9.78. The van der Waals surface area contributed by atoms with E-state index < -0.39 is 0 Å². The van der Waals surface area contributed by atoms with Crippen LogP contribution >= 0.6 is 0 Å². The van der Waals surface area contributed by atoms with Crippen LogP contribution in [0.3, 0.4) is 0 Å². The summed E-state index contributed by atoms with van der Waals surface area (Å²) in [6, 6.07) is 0. The molecule has 0 heterocycles. The first-order valence-electron chi connectivity index (χ1n) is 14.1. The maximum atomic E-state index is 5.80. The molecule has 0 spiro atoms. The molecule has 0 aliphatic heterocycles. The molecule has 188 valence electrons. The van der Waals surface area contributed by atoms with Gasteiger partial charge in [-0.15, -0.1) is 0 Å². The molecule has 0 N–H and O–H groups in total. The fourth-order valence-corrected chi connectivity index (χ4v) is 3.93. The highest BCUT2D eigenvalue weighted by atomic mass is 16.5. The Morgan fingerprint density at radius 3 is 1.84 bits per heavy atom. The number of hydrogen-bond acceptors (Lipinski definition) is 2. The summed E-state index contributed by atoms with van der Waals surface area (Å²) in [7, 11) is 0. The molecule has 0 aliphatic carbocycles. The largest absolute Gasteiger partial charge is 0.499 e. The summed E-state index contributed by atoms with van der Waals surface area (Å²) in [5, 5.41) is 0. The van der Waals surface area contributed by atoms with Crippen molar-refractivity contribution in [3.63, 3.8) is 0 Å². The van der Waals surface area contributed by atoms with Crippen molar-refractivity contribution in [3.8, 4) is 0 Å². The van der Waals surface area contributed by atoms with Crippen molar-refractivity contribution in [2.24, 2.45) is 5.92 Å². The number of allylic oxidation sites excluding steroid dienone is 1. The van der Waals surface area contributed by atoms with E-state index in [9.17, 15) is 0 Å². The minimum atomic E-state index is 0.850. The van der Waals surface area contributed by atoms with Crippen LogP contribution in [-0.4, -0.2) is 31.1 Å². The van der Waals surface area contributed by atoms with E-state index in [4.69, 9.17) is 4.74 Å². The van der Waals surface area contributed by atoms with Crippen molar-refractivity contribution in [2.75, 3.05) is 26.2 Å². The Morgan fingerprint density at radius 1 is 0.710 bits per heavy atom. The van der Waals surface area contributed by atoms with E-state index in [1.807, 2.05) is 0 Å². The summed E-state index contributed by atoms with van der Waals surface area (Å²) in [6.45, 7) is 22.2. The van der Waals surface area contributed by atoms with E-state index in [1.165, 1.54) is 110 Å². The number of nitrogens with zero attached hydrogens (tertiary/aromatic N) is 1. The third kappa shape index (κ3) is 25.6. The number of rotatable bonds is 22.